The highest BCUT2D eigenvalue weighted by Gasteiger charge is 2.20. The summed E-state index contributed by atoms with van der Waals surface area (Å²) in [5.41, 5.74) is 13.3. The van der Waals surface area contributed by atoms with E-state index >= 15 is 0 Å². The third kappa shape index (κ3) is 5.77. The average molecular weight is 654 g/mol. The highest BCUT2D eigenvalue weighted by Crippen LogP contribution is 2.38. The van der Waals surface area contributed by atoms with E-state index in [1.54, 1.807) is 0 Å². The van der Waals surface area contributed by atoms with Crippen LogP contribution < -0.4 is 0 Å². The third-order valence-electron chi connectivity index (χ3n) is 9.08. The second-order valence-electron chi connectivity index (χ2n) is 12.3. The van der Waals surface area contributed by atoms with Crippen LogP contribution in [-0.4, -0.2) is 24.3 Å². The van der Waals surface area contributed by atoms with Crippen LogP contribution in [0.1, 0.15) is 0 Å². The summed E-state index contributed by atoms with van der Waals surface area (Å²) in [6, 6.07) is 60.2. The van der Waals surface area contributed by atoms with Gasteiger partial charge in [-0.3, -0.25) is 9.38 Å². The van der Waals surface area contributed by atoms with Crippen molar-refractivity contribution in [3.8, 4) is 78.9 Å². The van der Waals surface area contributed by atoms with E-state index in [9.17, 15) is 0 Å². The van der Waals surface area contributed by atoms with Crippen LogP contribution in [0.4, 0.5) is 0 Å². The molecule has 0 bridgehead atoms. The summed E-state index contributed by atoms with van der Waals surface area (Å²) < 4.78 is 2.14. The molecule has 5 heteroatoms. The molecule has 9 rings (SSSR count). The Morgan fingerprint density at radius 1 is 0.333 bits per heavy atom. The van der Waals surface area contributed by atoms with Crippen LogP contribution in [0.25, 0.3) is 84.4 Å². The topological polar surface area (TPSA) is 56.0 Å². The highest BCUT2D eigenvalue weighted by atomic mass is 15.0. The maximum Gasteiger partial charge on any atom is 0.145 e. The third-order valence-corrected chi connectivity index (χ3v) is 9.08. The first-order valence-corrected chi connectivity index (χ1v) is 17.0. The SMILES string of the molecule is c1ccc(-c2nc(-c3ccccc3)c(-c3cccc(-c4cccc(-c5nc(-c6ccccn6)c6ccccn56)c4)c3)nc2-c2ccccc2)cc1. The van der Waals surface area contributed by atoms with Crippen LogP contribution in [0.5, 0.6) is 0 Å². The molecule has 5 aromatic carbocycles. The lowest BCUT2D eigenvalue weighted by molar-refractivity contribution is 1.16. The van der Waals surface area contributed by atoms with E-state index in [1.807, 2.05) is 79.0 Å². The predicted octanol–water partition coefficient (Wildman–Crippen LogP) is 11.2. The van der Waals surface area contributed by atoms with Crippen LogP contribution in [0.2, 0.25) is 0 Å². The van der Waals surface area contributed by atoms with Gasteiger partial charge in [-0.2, -0.15) is 0 Å². The maximum absolute atomic E-state index is 5.45. The molecular weight excluding hydrogens is 623 g/mol. The molecule has 0 fully saturated rings. The molecule has 0 amide bonds. The minimum atomic E-state index is 0.831. The smallest absolute Gasteiger partial charge is 0.145 e. The fourth-order valence-corrected chi connectivity index (χ4v) is 6.65. The maximum atomic E-state index is 5.45. The van der Waals surface area contributed by atoms with Gasteiger partial charge in [0.1, 0.15) is 11.5 Å². The van der Waals surface area contributed by atoms with E-state index in [4.69, 9.17) is 15.0 Å². The fourth-order valence-electron chi connectivity index (χ4n) is 6.65. The van der Waals surface area contributed by atoms with E-state index in [1.165, 1.54) is 0 Å². The predicted molar refractivity (Wildman–Crippen MR) is 207 cm³/mol. The van der Waals surface area contributed by atoms with Gasteiger partial charge in [-0.05, 0) is 47.5 Å². The van der Waals surface area contributed by atoms with Gasteiger partial charge in [0, 0.05) is 40.2 Å². The van der Waals surface area contributed by atoms with Crippen LogP contribution in [0.3, 0.4) is 0 Å². The Kier molecular flexibility index (Phi) is 7.76. The quantitative estimate of drug-likeness (QED) is 0.172. The van der Waals surface area contributed by atoms with Gasteiger partial charge in [0.05, 0.1) is 34.0 Å². The van der Waals surface area contributed by atoms with E-state index in [-0.39, 0.29) is 0 Å². The van der Waals surface area contributed by atoms with E-state index < -0.39 is 0 Å². The van der Waals surface area contributed by atoms with Crippen molar-refractivity contribution >= 4 is 5.52 Å². The van der Waals surface area contributed by atoms with Crippen LogP contribution in [-0.2, 0) is 0 Å². The van der Waals surface area contributed by atoms with Crippen molar-refractivity contribution < 1.29 is 0 Å². The first-order chi connectivity index (χ1) is 25.3. The summed E-state index contributed by atoms with van der Waals surface area (Å²) in [6.07, 6.45) is 3.87. The zero-order chi connectivity index (χ0) is 34.0. The number of fused-ring (bicyclic) bond motifs is 1. The zero-order valence-electron chi connectivity index (χ0n) is 27.6. The largest absolute Gasteiger partial charge is 0.299 e. The number of benzene rings is 5. The fraction of sp³-hybridized carbons (Fsp3) is 0. The Labute approximate surface area is 296 Å². The monoisotopic (exact) mass is 653 g/mol. The number of imidazole rings is 1. The lowest BCUT2D eigenvalue weighted by Gasteiger charge is -2.16. The molecule has 0 aliphatic rings. The zero-order valence-corrected chi connectivity index (χ0v) is 27.6. The Morgan fingerprint density at radius 3 is 1.37 bits per heavy atom. The molecule has 0 radical (unpaired) electrons. The molecule has 5 nitrogen and oxygen atoms in total. The molecule has 9 aromatic rings. The minimum Gasteiger partial charge on any atom is -0.299 e. The van der Waals surface area contributed by atoms with Gasteiger partial charge in [0.25, 0.3) is 0 Å². The van der Waals surface area contributed by atoms with Crippen molar-refractivity contribution in [2.45, 2.75) is 0 Å². The van der Waals surface area contributed by atoms with Crippen molar-refractivity contribution in [1.82, 2.24) is 24.3 Å². The van der Waals surface area contributed by atoms with Gasteiger partial charge < -0.3 is 0 Å². The second-order valence-corrected chi connectivity index (χ2v) is 12.3. The molecule has 0 spiro atoms. The number of nitrogens with zero attached hydrogens (tertiary/aromatic N) is 5. The van der Waals surface area contributed by atoms with Crippen LogP contribution in [0.15, 0.2) is 188 Å². The molecule has 51 heavy (non-hydrogen) atoms. The number of aromatic nitrogens is 5. The van der Waals surface area contributed by atoms with Gasteiger partial charge in [-0.25, -0.2) is 15.0 Å². The van der Waals surface area contributed by atoms with Crippen molar-refractivity contribution in [2.75, 3.05) is 0 Å². The van der Waals surface area contributed by atoms with E-state index in [0.717, 1.165) is 84.4 Å². The van der Waals surface area contributed by atoms with Gasteiger partial charge in [-0.15, -0.1) is 0 Å². The minimum absolute atomic E-state index is 0.831. The molecule has 0 atom stereocenters. The average Bonchev–Trinajstić information content (AvgIpc) is 3.62. The molecular formula is C46H31N5. The summed E-state index contributed by atoms with van der Waals surface area (Å²) in [7, 11) is 0. The van der Waals surface area contributed by atoms with Crippen molar-refractivity contribution in [3.05, 3.63) is 188 Å². The standard InChI is InChI=1S/C46H31N5/c1-4-16-32(17-5-1)41-42(33-18-6-2-7-19-33)49-44(43(48-41)34-20-8-3-9-21-34)37-24-14-22-35(30-37)36-23-15-25-38(31-36)46-50-45(39-26-10-12-28-47-39)40-27-11-13-29-51(40)46/h1-31H. The molecule has 0 saturated heterocycles. The summed E-state index contributed by atoms with van der Waals surface area (Å²) >= 11 is 0. The molecule has 4 heterocycles. The van der Waals surface area contributed by atoms with Gasteiger partial charge >= 0.3 is 0 Å². The Bertz CT molecular complexity index is 2620. The van der Waals surface area contributed by atoms with Gasteiger partial charge in [0.15, 0.2) is 0 Å². The van der Waals surface area contributed by atoms with Crippen molar-refractivity contribution in [2.24, 2.45) is 0 Å². The first kappa shape index (κ1) is 30.1. The Morgan fingerprint density at radius 2 is 0.804 bits per heavy atom. The van der Waals surface area contributed by atoms with Crippen molar-refractivity contribution in [3.63, 3.8) is 0 Å². The summed E-state index contributed by atoms with van der Waals surface area (Å²) in [5.74, 6) is 0.866. The lowest BCUT2D eigenvalue weighted by atomic mass is 9.96. The Balaban J connectivity index is 1.19. The molecule has 0 aliphatic carbocycles. The van der Waals surface area contributed by atoms with Gasteiger partial charge in [-0.1, -0.05) is 140 Å². The summed E-state index contributed by atoms with van der Waals surface area (Å²) in [6.45, 7) is 0. The Hall–Kier alpha value is -6.98. The van der Waals surface area contributed by atoms with E-state index in [2.05, 4.69) is 119 Å². The van der Waals surface area contributed by atoms with Crippen LogP contribution >= 0.6 is 0 Å². The summed E-state index contributed by atoms with van der Waals surface area (Å²) in [5, 5.41) is 0. The normalized spacial score (nSPS) is 11.1. The summed E-state index contributed by atoms with van der Waals surface area (Å²) in [4.78, 5) is 20.6. The number of hydrogen-bond donors (Lipinski definition) is 0. The second kappa shape index (κ2) is 13.1. The van der Waals surface area contributed by atoms with Gasteiger partial charge in [0.2, 0.25) is 0 Å². The molecule has 4 aromatic heterocycles. The molecule has 0 aliphatic heterocycles. The highest BCUT2D eigenvalue weighted by molar-refractivity contribution is 5.88. The number of rotatable bonds is 7. The van der Waals surface area contributed by atoms with E-state index in [0.29, 0.717) is 0 Å². The first-order valence-electron chi connectivity index (χ1n) is 17.0. The van der Waals surface area contributed by atoms with Crippen LogP contribution in [0, 0.1) is 0 Å². The molecule has 0 unspecified atom stereocenters. The lowest BCUT2D eigenvalue weighted by Crippen LogP contribution is -2.01. The molecule has 240 valence electrons. The number of hydrogen-bond acceptors (Lipinski definition) is 4. The van der Waals surface area contributed by atoms with Crippen molar-refractivity contribution in [1.29, 1.82) is 0 Å². The molecule has 0 N–H and O–H groups in total. The number of pyridine rings is 2. The molecule has 0 saturated carbocycles.